The zero-order valence-corrected chi connectivity index (χ0v) is 27.2. The first-order valence-electron chi connectivity index (χ1n) is 14.9. The van der Waals surface area contributed by atoms with Crippen LogP contribution in [0.2, 0.25) is 0 Å². The van der Waals surface area contributed by atoms with Gasteiger partial charge in [-0.15, -0.1) is 0 Å². The van der Waals surface area contributed by atoms with Gasteiger partial charge in [0.15, 0.2) is 0 Å². The Bertz CT molecular complexity index is 1590. The number of pyridine rings is 2. The summed E-state index contributed by atoms with van der Waals surface area (Å²) in [4.78, 5) is 36.7. The number of halogens is 3. The highest BCUT2D eigenvalue weighted by molar-refractivity contribution is 6.04. The Balaban J connectivity index is 0.00000282. The lowest BCUT2D eigenvalue weighted by molar-refractivity contribution is -0.141. The molecule has 2 aromatic heterocycles. The average Bonchev–Trinajstić information content (AvgIpc) is 3.02. The lowest BCUT2D eigenvalue weighted by Crippen LogP contribution is -2.36. The van der Waals surface area contributed by atoms with Gasteiger partial charge in [0.25, 0.3) is 5.91 Å². The fourth-order valence-corrected chi connectivity index (χ4v) is 4.28. The number of aryl methyl sites for hydroxylation is 1. The predicted molar refractivity (Wildman–Crippen MR) is 172 cm³/mol. The first-order chi connectivity index (χ1) is 21.7. The fourth-order valence-electron chi connectivity index (χ4n) is 4.28. The standard InChI is InChI=1S/C32H34F3N5O4.C2H6/c1-21-8-9-25(38-29(41)22-10-11-36-27(18-22)32(33,34)35)20-26(21)23-17-24(37-28(19-23)40-13-15-43-16-14-40)7-6-12-39(5)30(42)44-31(2,3)4;1-2/h8-11,17-20H,12-16H2,1-5H3,(H,38,41);1-2H3. The van der Waals surface area contributed by atoms with Gasteiger partial charge in [-0.2, -0.15) is 13.2 Å². The van der Waals surface area contributed by atoms with E-state index in [2.05, 4.69) is 27.0 Å². The summed E-state index contributed by atoms with van der Waals surface area (Å²) in [5.41, 5.74) is 1.40. The average molecular weight is 640 g/mol. The van der Waals surface area contributed by atoms with E-state index in [0.717, 1.165) is 22.9 Å². The van der Waals surface area contributed by atoms with Crippen molar-refractivity contribution in [1.82, 2.24) is 14.9 Å². The topological polar surface area (TPSA) is 96.9 Å². The molecule has 9 nitrogen and oxygen atoms in total. The van der Waals surface area contributed by atoms with E-state index >= 15 is 0 Å². The fraction of sp³-hybridized carbons (Fsp3) is 0.412. The van der Waals surface area contributed by atoms with Gasteiger partial charge in [0.05, 0.1) is 19.8 Å². The van der Waals surface area contributed by atoms with Crippen LogP contribution in [0.4, 0.5) is 29.5 Å². The number of nitrogens with one attached hydrogen (secondary N) is 1. The number of rotatable bonds is 5. The van der Waals surface area contributed by atoms with E-state index in [-0.39, 0.29) is 12.1 Å². The second-order valence-corrected chi connectivity index (χ2v) is 11.2. The third-order valence-electron chi connectivity index (χ3n) is 6.50. The molecule has 1 aliphatic heterocycles. The summed E-state index contributed by atoms with van der Waals surface area (Å²) >= 11 is 0. The molecule has 46 heavy (non-hydrogen) atoms. The second kappa shape index (κ2) is 15.6. The van der Waals surface area contributed by atoms with E-state index in [0.29, 0.717) is 49.6 Å². The molecule has 0 saturated carbocycles. The third-order valence-corrected chi connectivity index (χ3v) is 6.50. The monoisotopic (exact) mass is 639 g/mol. The number of benzene rings is 1. The minimum Gasteiger partial charge on any atom is -0.444 e. The van der Waals surface area contributed by atoms with Crippen molar-refractivity contribution >= 4 is 23.5 Å². The summed E-state index contributed by atoms with van der Waals surface area (Å²) < 4.78 is 50.2. The number of anilines is 2. The van der Waals surface area contributed by atoms with Crippen molar-refractivity contribution in [1.29, 1.82) is 0 Å². The summed E-state index contributed by atoms with van der Waals surface area (Å²) in [5, 5.41) is 2.69. The quantitative estimate of drug-likeness (QED) is 0.307. The molecular formula is C34H40F3N5O4. The van der Waals surface area contributed by atoms with E-state index in [1.54, 1.807) is 40.0 Å². The van der Waals surface area contributed by atoms with Crippen LogP contribution in [-0.2, 0) is 15.7 Å². The summed E-state index contributed by atoms with van der Waals surface area (Å²) in [5.74, 6) is 6.04. The highest BCUT2D eigenvalue weighted by Gasteiger charge is 2.33. The van der Waals surface area contributed by atoms with Gasteiger partial charge in [-0.05, 0) is 86.7 Å². The van der Waals surface area contributed by atoms with E-state index in [9.17, 15) is 22.8 Å². The normalized spacial score (nSPS) is 13.0. The largest absolute Gasteiger partial charge is 0.444 e. The number of ether oxygens (including phenoxy) is 2. The van der Waals surface area contributed by atoms with Gasteiger partial charge in [-0.25, -0.2) is 9.78 Å². The Kier molecular flexibility index (Phi) is 12.1. The van der Waals surface area contributed by atoms with Crippen molar-refractivity contribution in [2.24, 2.45) is 0 Å². The van der Waals surface area contributed by atoms with Crippen LogP contribution >= 0.6 is 0 Å². The third kappa shape index (κ3) is 10.2. The zero-order chi connectivity index (χ0) is 34.1. The SMILES string of the molecule is CC.Cc1ccc(NC(=O)c2ccnc(C(F)(F)F)c2)cc1-c1cc(C#CCN(C)C(=O)OC(C)(C)C)nc(N2CCOCC2)c1. The minimum atomic E-state index is -4.67. The van der Waals surface area contributed by atoms with E-state index in [1.165, 1.54) is 11.0 Å². The molecule has 1 saturated heterocycles. The number of nitrogens with zero attached hydrogens (tertiary/aromatic N) is 4. The molecule has 0 spiro atoms. The first kappa shape index (κ1) is 35.8. The van der Waals surface area contributed by atoms with Crippen molar-refractivity contribution in [2.75, 3.05) is 50.1 Å². The molecule has 3 heterocycles. The molecule has 1 aliphatic rings. The number of hydrogen-bond acceptors (Lipinski definition) is 7. The van der Waals surface area contributed by atoms with Crippen molar-refractivity contribution in [2.45, 2.75) is 53.3 Å². The van der Waals surface area contributed by atoms with Crippen LogP contribution in [0.5, 0.6) is 0 Å². The molecule has 1 fully saturated rings. The van der Waals surface area contributed by atoms with Gasteiger partial charge < -0.3 is 24.6 Å². The van der Waals surface area contributed by atoms with Crippen LogP contribution in [0.1, 0.15) is 61.9 Å². The van der Waals surface area contributed by atoms with Crippen LogP contribution in [0.15, 0.2) is 48.7 Å². The highest BCUT2D eigenvalue weighted by Crippen LogP contribution is 2.31. The molecule has 4 rings (SSSR count). The van der Waals surface area contributed by atoms with Crippen LogP contribution in [0, 0.1) is 18.8 Å². The van der Waals surface area contributed by atoms with Crippen molar-refractivity contribution in [3.63, 3.8) is 0 Å². The van der Waals surface area contributed by atoms with Gasteiger partial charge in [0.2, 0.25) is 0 Å². The maximum Gasteiger partial charge on any atom is 0.433 e. The number of amides is 2. The van der Waals surface area contributed by atoms with Crippen molar-refractivity contribution in [3.8, 4) is 23.0 Å². The minimum absolute atomic E-state index is 0.124. The van der Waals surface area contributed by atoms with E-state index in [1.807, 2.05) is 39.0 Å². The second-order valence-electron chi connectivity index (χ2n) is 11.2. The zero-order valence-electron chi connectivity index (χ0n) is 27.2. The maximum absolute atomic E-state index is 13.1. The smallest absolute Gasteiger partial charge is 0.433 e. The lowest BCUT2D eigenvalue weighted by atomic mass is 9.99. The van der Waals surface area contributed by atoms with Crippen LogP contribution in [0.3, 0.4) is 0 Å². The molecule has 2 amide bonds. The number of carbonyl (C=O) groups is 2. The Morgan fingerprint density at radius 1 is 1.07 bits per heavy atom. The number of carbonyl (C=O) groups excluding carboxylic acids is 2. The van der Waals surface area contributed by atoms with Crippen LogP contribution in [0.25, 0.3) is 11.1 Å². The predicted octanol–water partition coefficient (Wildman–Crippen LogP) is 6.80. The molecule has 0 bridgehead atoms. The van der Waals surface area contributed by atoms with Crippen molar-refractivity contribution < 1.29 is 32.2 Å². The highest BCUT2D eigenvalue weighted by atomic mass is 19.4. The summed E-state index contributed by atoms with van der Waals surface area (Å²) in [6.45, 7) is 13.8. The molecule has 3 aromatic rings. The number of aromatic nitrogens is 2. The van der Waals surface area contributed by atoms with Gasteiger partial charge in [0.1, 0.15) is 22.8 Å². The van der Waals surface area contributed by atoms with E-state index in [4.69, 9.17) is 14.5 Å². The maximum atomic E-state index is 13.1. The van der Waals surface area contributed by atoms with E-state index < -0.39 is 29.5 Å². The summed E-state index contributed by atoms with van der Waals surface area (Å²) in [6, 6.07) is 10.9. The molecule has 1 aromatic carbocycles. The van der Waals surface area contributed by atoms with Crippen LogP contribution < -0.4 is 10.2 Å². The molecule has 246 valence electrons. The molecule has 0 radical (unpaired) electrons. The Morgan fingerprint density at radius 3 is 2.41 bits per heavy atom. The van der Waals surface area contributed by atoms with Gasteiger partial charge in [-0.3, -0.25) is 9.78 Å². The number of alkyl halides is 3. The Labute approximate surface area is 268 Å². The van der Waals surface area contributed by atoms with Crippen LogP contribution in [-0.4, -0.2) is 72.4 Å². The molecule has 0 aliphatic carbocycles. The first-order valence-corrected chi connectivity index (χ1v) is 14.9. The van der Waals surface area contributed by atoms with Crippen molar-refractivity contribution in [3.05, 3.63) is 71.2 Å². The van der Waals surface area contributed by atoms with Gasteiger partial charge in [-0.1, -0.05) is 25.8 Å². The summed E-state index contributed by atoms with van der Waals surface area (Å²) in [6.07, 6.45) is -4.20. The summed E-state index contributed by atoms with van der Waals surface area (Å²) in [7, 11) is 1.60. The molecular weight excluding hydrogens is 599 g/mol. The molecule has 1 N–H and O–H groups in total. The number of morpholine rings is 1. The molecule has 0 unspecified atom stereocenters. The van der Waals surface area contributed by atoms with Gasteiger partial charge >= 0.3 is 12.3 Å². The lowest BCUT2D eigenvalue weighted by Gasteiger charge is -2.28. The Morgan fingerprint density at radius 2 is 1.76 bits per heavy atom. The molecule has 12 heteroatoms. The molecule has 0 atom stereocenters. The van der Waals surface area contributed by atoms with Gasteiger partial charge in [0, 0.05) is 37.6 Å². The Hall–Kier alpha value is -4.63. The number of hydrogen-bond donors (Lipinski definition) is 1.